The SMILES string of the molecule is CCC(N)C(Oc1cc(F)ccc1F)c1ccccc1Br. The molecule has 0 amide bonds. The highest BCUT2D eigenvalue weighted by Gasteiger charge is 2.24. The summed E-state index contributed by atoms with van der Waals surface area (Å²) in [4.78, 5) is 0. The molecule has 0 aliphatic carbocycles. The normalized spacial score (nSPS) is 13.8. The maximum atomic E-state index is 13.8. The van der Waals surface area contributed by atoms with Crippen molar-refractivity contribution in [2.75, 3.05) is 0 Å². The standard InChI is InChI=1S/C16H16BrF2NO/c1-2-14(20)16(11-5-3-4-6-12(11)17)21-15-9-10(18)7-8-13(15)19/h3-9,14,16H,2,20H2,1H3. The van der Waals surface area contributed by atoms with Crippen LogP contribution >= 0.6 is 15.9 Å². The molecule has 5 heteroatoms. The lowest BCUT2D eigenvalue weighted by Crippen LogP contribution is -2.32. The van der Waals surface area contributed by atoms with Crippen LogP contribution in [0.4, 0.5) is 8.78 Å². The zero-order valence-electron chi connectivity index (χ0n) is 11.5. The molecule has 2 N–H and O–H groups in total. The molecule has 2 aromatic rings. The van der Waals surface area contributed by atoms with Gasteiger partial charge in [-0.1, -0.05) is 41.1 Å². The van der Waals surface area contributed by atoms with Crippen molar-refractivity contribution in [3.8, 4) is 5.75 Å². The summed E-state index contributed by atoms with van der Waals surface area (Å²) < 4.78 is 33.5. The fraction of sp³-hybridized carbons (Fsp3) is 0.250. The van der Waals surface area contributed by atoms with Crippen LogP contribution in [0, 0.1) is 11.6 Å². The molecule has 2 unspecified atom stereocenters. The van der Waals surface area contributed by atoms with Crippen LogP contribution in [-0.2, 0) is 0 Å². The average Bonchev–Trinajstić information content (AvgIpc) is 2.48. The summed E-state index contributed by atoms with van der Waals surface area (Å²) in [7, 11) is 0. The van der Waals surface area contributed by atoms with Gasteiger partial charge in [-0.05, 0) is 24.6 Å². The summed E-state index contributed by atoms with van der Waals surface area (Å²) in [5.41, 5.74) is 6.89. The van der Waals surface area contributed by atoms with Crippen molar-refractivity contribution in [3.05, 3.63) is 64.1 Å². The molecule has 0 saturated heterocycles. The quantitative estimate of drug-likeness (QED) is 0.851. The molecule has 0 fully saturated rings. The molecule has 0 heterocycles. The first-order chi connectivity index (χ1) is 10.0. The third-order valence-corrected chi connectivity index (χ3v) is 3.94. The Labute approximate surface area is 131 Å². The zero-order chi connectivity index (χ0) is 15.4. The lowest BCUT2D eigenvalue weighted by Gasteiger charge is -2.25. The summed E-state index contributed by atoms with van der Waals surface area (Å²) in [5.74, 6) is -1.31. The van der Waals surface area contributed by atoms with Crippen molar-refractivity contribution in [1.29, 1.82) is 0 Å². The lowest BCUT2D eigenvalue weighted by atomic mass is 10.0. The van der Waals surface area contributed by atoms with Gasteiger partial charge in [0.2, 0.25) is 0 Å². The van der Waals surface area contributed by atoms with E-state index in [1.807, 2.05) is 31.2 Å². The largest absolute Gasteiger partial charge is 0.481 e. The minimum Gasteiger partial charge on any atom is -0.481 e. The number of benzene rings is 2. The van der Waals surface area contributed by atoms with Gasteiger partial charge in [0.15, 0.2) is 11.6 Å². The number of nitrogens with two attached hydrogens (primary N) is 1. The second-order valence-electron chi connectivity index (χ2n) is 4.71. The molecule has 0 aromatic heterocycles. The van der Waals surface area contributed by atoms with E-state index in [9.17, 15) is 8.78 Å². The van der Waals surface area contributed by atoms with Gasteiger partial charge in [0, 0.05) is 22.1 Å². The Morgan fingerprint density at radius 3 is 2.57 bits per heavy atom. The summed E-state index contributed by atoms with van der Waals surface area (Å²) >= 11 is 3.44. The fourth-order valence-corrected chi connectivity index (χ4v) is 2.52. The van der Waals surface area contributed by atoms with E-state index < -0.39 is 17.7 Å². The van der Waals surface area contributed by atoms with E-state index in [1.54, 1.807) is 0 Å². The van der Waals surface area contributed by atoms with Crippen LogP contribution in [0.15, 0.2) is 46.9 Å². The van der Waals surface area contributed by atoms with Gasteiger partial charge < -0.3 is 10.5 Å². The minimum atomic E-state index is -0.614. The molecule has 21 heavy (non-hydrogen) atoms. The third-order valence-electron chi connectivity index (χ3n) is 3.22. The van der Waals surface area contributed by atoms with E-state index in [4.69, 9.17) is 10.5 Å². The van der Waals surface area contributed by atoms with Crippen LogP contribution in [0.3, 0.4) is 0 Å². The van der Waals surface area contributed by atoms with Crippen LogP contribution in [-0.4, -0.2) is 6.04 Å². The molecular weight excluding hydrogens is 340 g/mol. The smallest absolute Gasteiger partial charge is 0.165 e. The molecule has 2 atom stereocenters. The van der Waals surface area contributed by atoms with Gasteiger partial charge >= 0.3 is 0 Å². The molecule has 0 spiro atoms. The first-order valence-corrected chi connectivity index (χ1v) is 7.44. The summed E-state index contributed by atoms with van der Waals surface area (Å²) in [5, 5.41) is 0. The summed E-state index contributed by atoms with van der Waals surface area (Å²) in [6.45, 7) is 1.92. The molecule has 112 valence electrons. The summed E-state index contributed by atoms with van der Waals surface area (Å²) in [6.07, 6.45) is 0.0741. The predicted octanol–water partition coefficient (Wildman–Crippen LogP) is 4.58. The zero-order valence-corrected chi connectivity index (χ0v) is 13.1. The van der Waals surface area contributed by atoms with E-state index in [-0.39, 0.29) is 11.8 Å². The molecule has 2 aromatic carbocycles. The second-order valence-corrected chi connectivity index (χ2v) is 5.56. The van der Waals surface area contributed by atoms with Gasteiger partial charge in [0.25, 0.3) is 0 Å². The average molecular weight is 356 g/mol. The van der Waals surface area contributed by atoms with Crippen molar-refractivity contribution in [3.63, 3.8) is 0 Å². The van der Waals surface area contributed by atoms with Crippen molar-refractivity contribution >= 4 is 15.9 Å². The van der Waals surface area contributed by atoms with Gasteiger partial charge in [-0.3, -0.25) is 0 Å². The maximum Gasteiger partial charge on any atom is 0.165 e. The Kier molecular flexibility index (Phi) is 5.31. The molecule has 0 radical (unpaired) electrons. The fourth-order valence-electron chi connectivity index (χ4n) is 2.01. The van der Waals surface area contributed by atoms with Gasteiger partial charge in [0.1, 0.15) is 11.9 Å². The lowest BCUT2D eigenvalue weighted by molar-refractivity contribution is 0.162. The Hall–Kier alpha value is -1.46. The van der Waals surface area contributed by atoms with Gasteiger partial charge in [-0.25, -0.2) is 8.78 Å². The van der Waals surface area contributed by atoms with Crippen LogP contribution < -0.4 is 10.5 Å². The molecule has 0 saturated carbocycles. The van der Waals surface area contributed by atoms with E-state index in [1.165, 1.54) is 0 Å². The topological polar surface area (TPSA) is 35.2 Å². The molecule has 0 aliphatic heterocycles. The van der Waals surface area contributed by atoms with E-state index in [0.717, 1.165) is 28.2 Å². The van der Waals surface area contributed by atoms with E-state index in [2.05, 4.69) is 15.9 Å². The Morgan fingerprint density at radius 2 is 1.90 bits per heavy atom. The first kappa shape index (κ1) is 15.9. The van der Waals surface area contributed by atoms with E-state index >= 15 is 0 Å². The number of halogens is 3. The van der Waals surface area contributed by atoms with Crippen molar-refractivity contribution in [1.82, 2.24) is 0 Å². The molecule has 0 aliphatic rings. The Morgan fingerprint density at radius 1 is 1.19 bits per heavy atom. The molecular formula is C16H16BrF2NO. The maximum absolute atomic E-state index is 13.8. The number of hydrogen-bond donors (Lipinski definition) is 1. The molecule has 0 bridgehead atoms. The molecule has 2 nitrogen and oxygen atoms in total. The van der Waals surface area contributed by atoms with E-state index in [0.29, 0.717) is 6.42 Å². The van der Waals surface area contributed by atoms with Crippen LogP contribution in [0.2, 0.25) is 0 Å². The number of hydrogen-bond acceptors (Lipinski definition) is 2. The Bertz CT molecular complexity index is 621. The van der Waals surface area contributed by atoms with Crippen molar-refractivity contribution in [2.24, 2.45) is 5.73 Å². The predicted molar refractivity (Wildman–Crippen MR) is 82.1 cm³/mol. The highest BCUT2D eigenvalue weighted by atomic mass is 79.9. The Balaban J connectivity index is 2.38. The summed E-state index contributed by atoms with van der Waals surface area (Å²) in [6, 6.07) is 10.2. The highest BCUT2D eigenvalue weighted by Crippen LogP contribution is 2.32. The van der Waals surface area contributed by atoms with Gasteiger partial charge in [-0.15, -0.1) is 0 Å². The van der Waals surface area contributed by atoms with Gasteiger partial charge in [0.05, 0.1) is 0 Å². The first-order valence-electron chi connectivity index (χ1n) is 6.64. The second kappa shape index (κ2) is 7.00. The molecule has 2 rings (SSSR count). The van der Waals surface area contributed by atoms with Crippen molar-refractivity contribution < 1.29 is 13.5 Å². The van der Waals surface area contributed by atoms with Gasteiger partial charge in [-0.2, -0.15) is 0 Å². The minimum absolute atomic E-state index is 0.139. The van der Waals surface area contributed by atoms with Crippen LogP contribution in [0.1, 0.15) is 25.0 Å². The number of ether oxygens (including phenoxy) is 1. The number of rotatable bonds is 5. The van der Waals surface area contributed by atoms with Crippen LogP contribution in [0.5, 0.6) is 5.75 Å². The third kappa shape index (κ3) is 3.80. The van der Waals surface area contributed by atoms with Crippen LogP contribution in [0.25, 0.3) is 0 Å². The monoisotopic (exact) mass is 355 g/mol. The highest BCUT2D eigenvalue weighted by molar-refractivity contribution is 9.10. The van der Waals surface area contributed by atoms with Crippen molar-refractivity contribution in [2.45, 2.75) is 25.5 Å².